The highest BCUT2D eigenvalue weighted by Gasteiger charge is 2.21. The number of halogens is 1. The normalized spacial score (nSPS) is 15.5. The Kier molecular flexibility index (Phi) is 3.64. The van der Waals surface area contributed by atoms with Crippen LogP contribution in [0.25, 0.3) is 0 Å². The van der Waals surface area contributed by atoms with Crippen LogP contribution in [0.4, 0.5) is 11.8 Å². The van der Waals surface area contributed by atoms with Gasteiger partial charge in [0.2, 0.25) is 5.95 Å². The van der Waals surface area contributed by atoms with Gasteiger partial charge in [-0.2, -0.15) is 0 Å². The summed E-state index contributed by atoms with van der Waals surface area (Å²) in [5.41, 5.74) is 1.05. The lowest BCUT2D eigenvalue weighted by Gasteiger charge is -2.35. The number of rotatable bonds is 2. The molecule has 1 aliphatic heterocycles. The molecular formula is C13H15ClN6. The highest BCUT2D eigenvalue weighted by molar-refractivity contribution is 6.29. The van der Waals surface area contributed by atoms with E-state index in [0.29, 0.717) is 5.15 Å². The SMILES string of the molecule is Cc1cc(Cl)nnc1N1CCN(c2ncccn2)CC1. The van der Waals surface area contributed by atoms with E-state index in [1.807, 2.05) is 19.1 Å². The summed E-state index contributed by atoms with van der Waals surface area (Å²) in [5, 5.41) is 8.55. The van der Waals surface area contributed by atoms with Crippen molar-refractivity contribution in [1.82, 2.24) is 20.2 Å². The van der Waals surface area contributed by atoms with Crippen molar-refractivity contribution >= 4 is 23.4 Å². The molecule has 0 amide bonds. The number of hydrogen-bond donors (Lipinski definition) is 0. The van der Waals surface area contributed by atoms with Gasteiger partial charge in [0.25, 0.3) is 0 Å². The molecule has 0 radical (unpaired) electrons. The van der Waals surface area contributed by atoms with Gasteiger partial charge in [0, 0.05) is 38.6 Å². The van der Waals surface area contributed by atoms with Crippen LogP contribution in [0.3, 0.4) is 0 Å². The average Bonchev–Trinajstić information content (AvgIpc) is 2.48. The Bertz CT molecular complexity index is 583. The molecule has 0 aromatic carbocycles. The van der Waals surface area contributed by atoms with Crippen molar-refractivity contribution in [3.63, 3.8) is 0 Å². The molecule has 0 atom stereocenters. The van der Waals surface area contributed by atoms with Crippen LogP contribution >= 0.6 is 11.6 Å². The van der Waals surface area contributed by atoms with Crippen LogP contribution in [0.15, 0.2) is 24.5 Å². The summed E-state index contributed by atoms with van der Waals surface area (Å²) in [5.74, 6) is 1.69. The summed E-state index contributed by atoms with van der Waals surface area (Å²) >= 11 is 5.84. The van der Waals surface area contributed by atoms with Crippen molar-refractivity contribution in [1.29, 1.82) is 0 Å². The molecule has 2 aromatic heterocycles. The maximum atomic E-state index is 5.84. The summed E-state index contributed by atoms with van der Waals surface area (Å²) in [6.45, 7) is 5.48. The molecule has 0 unspecified atom stereocenters. The summed E-state index contributed by atoms with van der Waals surface area (Å²) in [4.78, 5) is 13.0. The van der Waals surface area contributed by atoms with E-state index in [1.54, 1.807) is 12.4 Å². The molecule has 0 spiro atoms. The lowest BCUT2D eigenvalue weighted by atomic mass is 10.2. The van der Waals surface area contributed by atoms with E-state index in [9.17, 15) is 0 Å². The first-order valence-electron chi connectivity index (χ1n) is 6.51. The molecule has 7 heteroatoms. The van der Waals surface area contributed by atoms with E-state index >= 15 is 0 Å². The largest absolute Gasteiger partial charge is 0.351 e. The first-order valence-corrected chi connectivity index (χ1v) is 6.88. The van der Waals surface area contributed by atoms with Crippen LogP contribution in [0.5, 0.6) is 0 Å². The van der Waals surface area contributed by atoms with Gasteiger partial charge < -0.3 is 9.80 Å². The van der Waals surface area contributed by atoms with Gasteiger partial charge in [0.1, 0.15) is 0 Å². The molecule has 3 rings (SSSR count). The van der Waals surface area contributed by atoms with Crippen molar-refractivity contribution < 1.29 is 0 Å². The van der Waals surface area contributed by atoms with E-state index in [1.165, 1.54) is 0 Å². The van der Waals surface area contributed by atoms with Gasteiger partial charge in [-0.05, 0) is 24.6 Å². The Morgan fingerprint density at radius 3 is 2.30 bits per heavy atom. The Labute approximate surface area is 122 Å². The summed E-state index contributed by atoms with van der Waals surface area (Å²) in [6, 6.07) is 3.67. The van der Waals surface area contributed by atoms with E-state index in [2.05, 4.69) is 30.0 Å². The molecular weight excluding hydrogens is 276 g/mol. The van der Waals surface area contributed by atoms with Gasteiger partial charge in [0.05, 0.1) is 0 Å². The second-order valence-electron chi connectivity index (χ2n) is 4.70. The highest BCUT2D eigenvalue weighted by Crippen LogP contribution is 2.20. The van der Waals surface area contributed by atoms with Crippen LogP contribution in [-0.4, -0.2) is 46.3 Å². The standard InChI is InChI=1S/C13H15ClN6/c1-10-9-11(14)17-18-12(10)19-5-7-20(8-6-19)13-15-3-2-4-16-13/h2-4,9H,5-8H2,1H3. The minimum atomic E-state index is 0.433. The van der Waals surface area contributed by atoms with Gasteiger partial charge in [-0.25, -0.2) is 9.97 Å². The fraction of sp³-hybridized carbons (Fsp3) is 0.385. The molecule has 104 valence electrons. The molecule has 6 nitrogen and oxygen atoms in total. The molecule has 20 heavy (non-hydrogen) atoms. The number of aryl methyl sites for hydroxylation is 1. The van der Waals surface area contributed by atoms with Gasteiger partial charge in [0.15, 0.2) is 11.0 Å². The highest BCUT2D eigenvalue weighted by atomic mass is 35.5. The fourth-order valence-corrected chi connectivity index (χ4v) is 2.53. The molecule has 0 bridgehead atoms. The summed E-state index contributed by atoms with van der Waals surface area (Å²) in [7, 11) is 0. The van der Waals surface area contributed by atoms with Crippen molar-refractivity contribution in [3.8, 4) is 0 Å². The van der Waals surface area contributed by atoms with Crippen molar-refractivity contribution in [2.75, 3.05) is 36.0 Å². The van der Waals surface area contributed by atoms with E-state index < -0.39 is 0 Å². The molecule has 3 heterocycles. The number of aromatic nitrogens is 4. The van der Waals surface area contributed by atoms with Crippen LogP contribution in [-0.2, 0) is 0 Å². The second kappa shape index (κ2) is 5.58. The Morgan fingerprint density at radius 2 is 1.65 bits per heavy atom. The summed E-state index contributed by atoms with van der Waals surface area (Å²) in [6.07, 6.45) is 3.53. The van der Waals surface area contributed by atoms with Gasteiger partial charge in [-0.3, -0.25) is 0 Å². The van der Waals surface area contributed by atoms with Gasteiger partial charge in [-0.1, -0.05) is 11.6 Å². The second-order valence-corrected chi connectivity index (χ2v) is 5.08. The Hall–Kier alpha value is -1.95. The molecule has 0 saturated carbocycles. The van der Waals surface area contributed by atoms with Crippen LogP contribution < -0.4 is 9.80 Å². The molecule has 1 saturated heterocycles. The number of piperazine rings is 1. The van der Waals surface area contributed by atoms with E-state index in [0.717, 1.165) is 43.5 Å². The zero-order chi connectivity index (χ0) is 13.9. The van der Waals surface area contributed by atoms with Crippen molar-refractivity contribution in [3.05, 3.63) is 35.2 Å². The lowest BCUT2D eigenvalue weighted by molar-refractivity contribution is 0.630. The molecule has 2 aromatic rings. The average molecular weight is 291 g/mol. The maximum Gasteiger partial charge on any atom is 0.225 e. The Morgan fingerprint density at radius 1 is 1.00 bits per heavy atom. The van der Waals surface area contributed by atoms with Crippen molar-refractivity contribution in [2.24, 2.45) is 0 Å². The number of anilines is 2. The minimum absolute atomic E-state index is 0.433. The summed E-state index contributed by atoms with van der Waals surface area (Å²) < 4.78 is 0. The zero-order valence-corrected chi connectivity index (χ0v) is 12.0. The molecule has 1 fully saturated rings. The predicted octanol–water partition coefficient (Wildman–Crippen LogP) is 1.56. The zero-order valence-electron chi connectivity index (χ0n) is 11.2. The smallest absolute Gasteiger partial charge is 0.225 e. The van der Waals surface area contributed by atoms with E-state index in [-0.39, 0.29) is 0 Å². The monoisotopic (exact) mass is 290 g/mol. The van der Waals surface area contributed by atoms with E-state index in [4.69, 9.17) is 11.6 Å². The van der Waals surface area contributed by atoms with Gasteiger partial charge >= 0.3 is 0 Å². The molecule has 0 aliphatic carbocycles. The van der Waals surface area contributed by atoms with Gasteiger partial charge in [-0.15, -0.1) is 10.2 Å². The Balaban J connectivity index is 1.69. The quantitative estimate of drug-likeness (QED) is 0.836. The third kappa shape index (κ3) is 2.65. The maximum absolute atomic E-state index is 5.84. The number of hydrogen-bond acceptors (Lipinski definition) is 6. The number of nitrogens with zero attached hydrogens (tertiary/aromatic N) is 6. The third-order valence-electron chi connectivity index (χ3n) is 3.34. The van der Waals surface area contributed by atoms with Crippen molar-refractivity contribution in [2.45, 2.75) is 6.92 Å². The van der Waals surface area contributed by atoms with Crippen LogP contribution in [0.1, 0.15) is 5.56 Å². The third-order valence-corrected chi connectivity index (χ3v) is 3.53. The van der Waals surface area contributed by atoms with Crippen LogP contribution in [0.2, 0.25) is 5.15 Å². The predicted molar refractivity (Wildman–Crippen MR) is 78.2 cm³/mol. The first kappa shape index (κ1) is 13.1. The lowest BCUT2D eigenvalue weighted by Crippen LogP contribution is -2.47. The first-order chi connectivity index (χ1) is 9.74. The fourth-order valence-electron chi connectivity index (χ4n) is 2.33. The molecule has 0 N–H and O–H groups in total. The molecule has 1 aliphatic rings. The van der Waals surface area contributed by atoms with Crippen LogP contribution in [0, 0.1) is 6.92 Å². The topological polar surface area (TPSA) is 58.0 Å². The minimum Gasteiger partial charge on any atom is -0.351 e.